The first-order valence-corrected chi connectivity index (χ1v) is 8.39. The number of carboxylic acid groups (broad SMARTS) is 1. The zero-order valence-electron chi connectivity index (χ0n) is 14.3. The highest BCUT2D eigenvalue weighted by Crippen LogP contribution is 2.35. The Hall–Kier alpha value is -2.70. The van der Waals surface area contributed by atoms with Gasteiger partial charge in [-0.1, -0.05) is 18.2 Å². The Labute approximate surface area is 144 Å². The second-order valence-corrected chi connectivity index (χ2v) is 6.90. The monoisotopic (exact) mass is 343 g/mol. The van der Waals surface area contributed by atoms with Gasteiger partial charge in [-0.3, -0.25) is 14.4 Å². The predicted molar refractivity (Wildman–Crippen MR) is 92.7 cm³/mol. The van der Waals surface area contributed by atoms with E-state index in [1.165, 1.54) is 4.68 Å². The number of hydrogen-bond donors (Lipinski definition) is 2. The molecule has 1 amide bonds. The number of hydrogen-bond acceptors (Lipinski definition) is 4. The highest BCUT2D eigenvalue weighted by molar-refractivity contribution is 6.05. The molecule has 0 saturated heterocycles. The minimum absolute atomic E-state index is 0.111. The molecule has 132 valence electrons. The van der Waals surface area contributed by atoms with Gasteiger partial charge in [0.15, 0.2) is 5.69 Å². The van der Waals surface area contributed by atoms with Gasteiger partial charge in [0.25, 0.3) is 11.5 Å². The van der Waals surface area contributed by atoms with Crippen LogP contribution in [0.2, 0.25) is 0 Å². The van der Waals surface area contributed by atoms with Crippen molar-refractivity contribution in [1.82, 2.24) is 15.1 Å². The van der Waals surface area contributed by atoms with Crippen LogP contribution in [0.15, 0.2) is 29.1 Å². The Morgan fingerprint density at radius 3 is 2.44 bits per heavy atom. The van der Waals surface area contributed by atoms with Gasteiger partial charge in [0, 0.05) is 5.39 Å². The first-order valence-electron chi connectivity index (χ1n) is 8.39. The third kappa shape index (κ3) is 3.14. The second kappa shape index (κ2) is 6.31. The van der Waals surface area contributed by atoms with Crippen molar-refractivity contribution in [1.29, 1.82) is 0 Å². The lowest BCUT2D eigenvalue weighted by molar-refractivity contribution is -0.139. The van der Waals surface area contributed by atoms with E-state index in [9.17, 15) is 14.4 Å². The topological polar surface area (TPSA) is 101 Å². The predicted octanol–water partition coefficient (Wildman–Crippen LogP) is 2.10. The van der Waals surface area contributed by atoms with Crippen LogP contribution in [0, 0.1) is 0 Å². The third-order valence-corrected chi connectivity index (χ3v) is 4.71. The maximum atomic E-state index is 12.9. The third-order valence-electron chi connectivity index (χ3n) is 4.71. The Morgan fingerprint density at radius 1 is 1.28 bits per heavy atom. The molecule has 1 aliphatic rings. The van der Waals surface area contributed by atoms with Crippen LogP contribution in [0.25, 0.3) is 10.8 Å². The zero-order chi connectivity index (χ0) is 18.2. The molecule has 2 N–H and O–H groups in total. The molecule has 1 saturated carbocycles. The molecule has 0 radical (unpaired) electrons. The molecule has 7 nitrogen and oxygen atoms in total. The fourth-order valence-corrected chi connectivity index (χ4v) is 3.26. The fraction of sp³-hybridized carbons (Fsp3) is 0.444. The largest absolute Gasteiger partial charge is 0.481 e. The van der Waals surface area contributed by atoms with Gasteiger partial charge in [0.05, 0.1) is 23.4 Å². The van der Waals surface area contributed by atoms with Crippen molar-refractivity contribution >= 4 is 22.6 Å². The second-order valence-electron chi connectivity index (χ2n) is 6.90. The number of nitrogens with zero attached hydrogens (tertiary/aromatic N) is 2. The summed E-state index contributed by atoms with van der Waals surface area (Å²) in [5, 5.41) is 17.1. The molecule has 0 bridgehead atoms. The van der Waals surface area contributed by atoms with Crippen molar-refractivity contribution in [3.63, 3.8) is 0 Å². The van der Waals surface area contributed by atoms with E-state index in [0.29, 0.717) is 23.6 Å². The van der Waals surface area contributed by atoms with Crippen LogP contribution in [0.4, 0.5) is 0 Å². The Kier molecular flexibility index (Phi) is 4.32. The van der Waals surface area contributed by atoms with Gasteiger partial charge in [-0.25, -0.2) is 4.68 Å². The van der Waals surface area contributed by atoms with Crippen molar-refractivity contribution in [2.24, 2.45) is 0 Å². The molecule has 0 spiro atoms. The highest BCUT2D eigenvalue weighted by Gasteiger charge is 2.41. The number of benzene rings is 1. The van der Waals surface area contributed by atoms with Crippen LogP contribution < -0.4 is 10.9 Å². The van der Waals surface area contributed by atoms with Gasteiger partial charge in [-0.15, -0.1) is 0 Å². The van der Waals surface area contributed by atoms with Crippen LogP contribution in [-0.2, 0) is 4.79 Å². The van der Waals surface area contributed by atoms with Crippen molar-refractivity contribution in [2.45, 2.75) is 51.1 Å². The van der Waals surface area contributed by atoms with Gasteiger partial charge < -0.3 is 10.4 Å². The molecule has 1 aliphatic carbocycles. The Morgan fingerprint density at radius 2 is 1.92 bits per heavy atom. The summed E-state index contributed by atoms with van der Waals surface area (Å²) in [6.07, 6.45) is 2.04. The number of amides is 1. The van der Waals surface area contributed by atoms with E-state index in [-0.39, 0.29) is 23.7 Å². The number of aliphatic carboxylic acids is 1. The van der Waals surface area contributed by atoms with Crippen molar-refractivity contribution in [2.75, 3.05) is 0 Å². The standard InChI is InChI=1S/C18H21N3O4/c1-11(2)21-17(25)13-7-4-3-6-12(13)15(20-21)16(24)19-18(8-5-9-18)10-14(22)23/h3-4,6-7,11H,5,8-10H2,1-2H3,(H,19,24)(H,22,23). The normalized spacial score (nSPS) is 15.8. The summed E-state index contributed by atoms with van der Waals surface area (Å²) in [5.41, 5.74) is -0.809. The molecule has 1 heterocycles. The SMILES string of the molecule is CC(C)n1nc(C(=O)NC2(CC(=O)O)CCC2)c2ccccc2c1=O. The van der Waals surface area contributed by atoms with Crippen LogP contribution in [0.1, 0.15) is 56.1 Å². The lowest BCUT2D eigenvalue weighted by Gasteiger charge is -2.41. The molecule has 1 aromatic carbocycles. The minimum atomic E-state index is -0.940. The number of nitrogens with one attached hydrogen (secondary N) is 1. The average Bonchev–Trinajstić information content (AvgIpc) is 2.52. The highest BCUT2D eigenvalue weighted by atomic mass is 16.4. The number of rotatable bonds is 5. The van der Waals surface area contributed by atoms with Crippen molar-refractivity contribution in [3.05, 3.63) is 40.3 Å². The van der Waals surface area contributed by atoms with Gasteiger partial charge >= 0.3 is 5.97 Å². The summed E-state index contributed by atoms with van der Waals surface area (Å²) in [4.78, 5) is 36.5. The lowest BCUT2D eigenvalue weighted by atomic mass is 9.74. The summed E-state index contributed by atoms with van der Waals surface area (Å²) < 4.78 is 1.29. The molecule has 1 fully saturated rings. The molecule has 3 rings (SSSR count). The molecule has 7 heteroatoms. The number of carbonyl (C=O) groups is 2. The molecule has 25 heavy (non-hydrogen) atoms. The maximum Gasteiger partial charge on any atom is 0.305 e. The fourth-order valence-electron chi connectivity index (χ4n) is 3.26. The minimum Gasteiger partial charge on any atom is -0.481 e. The summed E-state index contributed by atoms with van der Waals surface area (Å²) in [6, 6.07) is 6.66. The van der Waals surface area contributed by atoms with Gasteiger partial charge in [0.2, 0.25) is 0 Å². The molecule has 0 aliphatic heterocycles. The summed E-state index contributed by atoms with van der Waals surface area (Å²) in [6.45, 7) is 3.64. The van der Waals surface area contributed by atoms with E-state index in [4.69, 9.17) is 5.11 Å². The van der Waals surface area contributed by atoms with Gasteiger partial charge in [-0.2, -0.15) is 5.10 Å². The number of carbonyl (C=O) groups excluding carboxylic acids is 1. The summed E-state index contributed by atoms with van der Waals surface area (Å²) >= 11 is 0. The van der Waals surface area contributed by atoms with Gasteiger partial charge in [0.1, 0.15) is 0 Å². The number of aromatic nitrogens is 2. The van der Waals surface area contributed by atoms with E-state index < -0.39 is 17.4 Å². The van der Waals surface area contributed by atoms with E-state index in [2.05, 4.69) is 10.4 Å². The molecule has 2 aromatic rings. The van der Waals surface area contributed by atoms with Crippen molar-refractivity contribution < 1.29 is 14.7 Å². The van der Waals surface area contributed by atoms with Crippen LogP contribution in [0.3, 0.4) is 0 Å². The lowest BCUT2D eigenvalue weighted by Crippen LogP contribution is -2.55. The first kappa shape index (κ1) is 17.1. The van der Waals surface area contributed by atoms with E-state index in [1.807, 2.05) is 13.8 Å². The molecule has 0 unspecified atom stereocenters. The number of fused-ring (bicyclic) bond motifs is 1. The Balaban J connectivity index is 2.05. The quantitative estimate of drug-likeness (QED) is 0.866. The van der Waals surface area contributed by atoms with E-state index >= 15 is 0 Å². The summed E-state index contributed by atoms with van der Waals surface area (Å²) in [5.74, 6) is -1.38. The van der Waals surface area contributed by atoms with Crippen LogP contribution in [0.5, 0.6) is 0 Å². The van der Waals surface area contributed by atoms with Crippen molar-refractivity contribution in [3.8, 4) is 0 Å². The molecular formula is C18H21N3O4. The Bertz CT molecular complexity index is 897. The smallest absolute Gasteiger partial charge is 0.305 e. The van der Waals surface area contributed by atoms with E-state index in [1.54, 1.807) is 24.3 Å². The molecular weight excluding hydrogens is 322 g/mol. The van der Waals surface area contributed by atoms with Crippen LogP contribution >= 0.6 is 0 Å². The zero-order valence-corrected chi connectivity index (χ0v) is 14.3. The summed E-state index contributed by atoms with van der Waals surface area (Å²) in [7, 11) is 0. The number of carboxylic acids is 1. The van der Waals surface area contributed by atoms with Crippen LogP contribution in [-0.4, -0.2) is 32.3 Å². The average molecular weight is 343 g/mol. The first-order chi connectivity index (χ1) is 11.8. The molecule has 0 atom stereocenters. The molecule has 1 aromatic heterocycles. The van der Waals surface area contributed by atoms with E-state index in [0.717, 1.165) is 6.42 Å². The van der Waals surface area contributed by atoms with Gasteiger partial charge in [-0.05, 0) is 39.2 Å². The maximum absolute atomic E-state index is 12.9.